The lowest BCUT2D eigenvalue weighted by atomic mass is 9.77. The smallest absolute Gasteiger partial charge is 0.488 e. The maximum atomic E-state index is 11.9. The molecule has 0 amide bonds. The number of alkyl halides is 3. The molecule has 0 aliphatic carbocycles. The van der Waals surface area contributed by atoms with Crippen molar-refractivity contribution >= 4 is 12.6 Å². The van der Waals surface area contributed by atoms with Crippen LogP contribution in [0.4, 0.5) is 13.2 Å². The molecule has 17 heavy (non-hydrogen) atoms. The van der Waals surface area contributed by atoms with E-state index in [2.05, 4.69) is 0 Å². The van der Waals surface area contributed by atoms with Crippen LogP contribution in [0.15, 0.2) is 18.2 Å². The average molecular weight is 248 g/mol. The van der Waals surface area contributed by atoms with Crippen LogP contribution in [-0.2, 0) is 0 Å². The molecule has 0 aliphatic heterocycles. The molecule has 0 atom stereocenters. The number of benzene rings is 1. The summed E-state index contributed by atoms with van der Waals surface area (Å²) in [6, 6.07) is 4.27. The van der Waals surface area contributed by atoms with Crippen LogP contribution >= 0.6 is 0 Å². The van der Waals surface area contributed by atoms with Crippen LogP contribution in [-0.4, -0.2) is 29.9 Å². The lowest BCUT2D eigenvalue weighted by molar-refractivity contribution is -0.139. The lowest BCUT2D eigenvalue weighted by Gasteiger charge is -2.10. The van der Waals surface area contributed by atoms with Gasteiger partial charge in [-0.2, -0.15) is 13.2 Å². The molecule has 0 spiro atoms. The molecule has 0 fully saturated rings. The largest absolute Gasteiger partial charge is 0.493 e. The van der Waals surface area contributed by atoms with Crippen LogP contribution in [0.25, 0.3) is 0 Å². The number of rotatable bonds is 4. The van der Waals surface area contributed by atoms with Crippen molar-refractivity contribution in [2.24, 2.45) is 0 Å². The number of halogens is 3. The molecular formula is C10H12BF3O3. The van der Waals surface area contributed by atoms with Crippen molar-refractivity contribution in [3.8, 4) is 5.75 Å². The second kappa shape index (κ2) is 5.42. The zero-order valence-electron chi connectivity index (χ0n) is 9.16. The number of aryl methyl sites for hydroxylation is 1. The van der Waals surface area contributed by atoms with Crippen LogP contribution in [0, 0.1) is 6.92 Å². The molecule has 0 heterocycles. The summed E-state index contributed by atoms with van der Waals surface area (Å²) in [5.74, 6) is 0.274. The topological polar surface area (TPSA) is 49.7 Å². The molecule has 0 unspecified atom stereocenters. The van der Waals surface area contributed by atoms with E-state index >= 15 is 0 Å². The quantitative estimate of drug-likeness (QED) is 0.781. The molecule has 3 nitrogen and oxygen atoms in total. The zero-order chi connectivity index (χ0) is 13.1. The second-order valence-electron chi connectivity index (χ2n) is 3.61. The Morgan fingerprint density at radius 3 is 2.41 bits per heavy atom. The normalized spacial score (nSPS) is 11.4. The first-order valence-electron chi connectivity index (χ1n) is 4.96. The minimum atomic E-state index is -4.24. The lowest BCUT2D eigenvalue weighted by Crippen LogP contribution is -2.31. The van der Waals surface area contributed by atoms with E-state index in [1.54, 1.807) is 6.92 Å². The van der Waals surface area contributed by atoms with Crippen molar-refractivity contribution in [3.05, 3.63) is 23.8 Å². The van der Waals surface area contributed by atoms with Gasteiger partial charge >= 0.3 is 13.3 Å². The second-order valence-corrected chi connectivity index (χ2v) is 3.61. The van der Waals surface area contributed by atoms with Gasteiger partial charge in [0.15, 0.2) is 0 Å². The summed E-state index contributed by atoms with van der Waals surface area (Å²) in [6.45, 7) is 1.16. The molecule has 1 rings (SSSR count). The van der Waals surface area contributed by atoms with E-state index in [1.807, 2.05) is 0 Å². The van der Waals surface area contributed by atoms with E-state index in [4.69, 9.17) is 14.8 Å². The molecule has 0 radical (unpaired) electrons. The first-order chi connectivity index (χ1) is 7.79. The van der Waals surface area contributed by atoms with Crippen LogP contribution < -0.4 is 10.2 Å². The highest BCUT2D eigenvalue weighted by Gasteiger charge is 2.26. The van der Waals surface area contributed by atoms with E-state index < -0.39 is 26.3 Å². The summed E-state index contributed by atoms with van der Waals surface area (Å²) >= 11 is 0. The minimum Gasteiger partial charge on any atom is -0.493 e. The van der Waals surface area contributed by atoms with Crippen molar-refractivity contribution < 1.29 is 28.0 Å². The Labute approximate surface area is 97.0 Å². The summed E-state index contributed by atoms with van der Waals surface area (Å²) in [7, 11) is -1.60. The highest BCUT2D eigenvalue weighted by atomic mass is 19.4. The summed E-state index contributed by atoms with van der Waals surface area (Å²) in [5.41, 5.74) is 0.845. The Balaban J connectivity index is 2.59. The van der Waals surface area contributed by atoms with Gasteiger partial charge in [-0.05, 0) is 30.1 Å². The molecule has 1 aromatic rings. The van der Waals surface area contributed by atoms with Crippen molar-refractivity contribution in [2.75, 3.05) is 6.61 Å². The van der Waals surface area contributed by atoms with Crippen LogP contribution in [0.2, 0.25) is 0 Å². The molecular weight excluding hydrogens is 236 g/mol. The predicted octanol–water partition coefficient (Wildman–Crippen LogP) is 1.01. The molecule has 0 aromatic heterocycles. The number of hydrogen-bond donors (Lipinski definition) is 2. The van der Waals surface area contributed by atoms with Crippen molar-refractivity contribution in [1.82, 2.24) is 0 Å². The minimum absolute atomic E-state index is 0.274. The summed E-state index contributed by atoms with van der Waals surface area (Å²) in [5, 5.41) is 17.9. The Kier molecular flexibility index (Phi) is 4.42. The number of hydrogen-bond acceptors (Lipinski definition) is 3. The monoisotopic (exact) mass is 248 g/mol. The fraction of sp³-hybridized carbons (Fsp3) is 0.400. The zero-order valence-corrected chi connectivity index (χ0v) is 9.16. The maximum absolute atomic E-state index is 11.9. The van der Waals surface area contributed by atoms with E-state index in [0.717, 1.165) is 0 Å². The molecule has 0 saturated carbocycles. The van der Waals surface area contributed by atoms with E-state index in [-0.39, 0.29) is 5.75 Å². The van der Waals surface area contributed by atoms with E-state index in [0.29, 0.717) is 11.0 Å². The molecule has 2 N–H and O–H groups in total. The molecule has 1 aromatic carbocycles. The van der Waals surface area contributed by atoms with Gasteiger partial charge in [0.25, 0.3) is 0 Å². The van der Waals surface area contributed by atoms with Crippen molar-refractivity contribution in [2.45, 2.75) is 19.5 Å². The van der Waals surface area contributed by atoms with Crippen molar-refractivity contribution in [1.29, 1.82) is 0 Å². The van der Waals surface area contributed by atoms with Gasteiger partial charge in [-0.3, -0.25) is 0 Å². The highest BCUT2D eigenvalue weighted by Crippen LogP contribution is 2.20. The van der Waals surface area contributed by atoms with E-state index in [9.17, 15) is 13.2 Å². The van der Waals surface area contributed by atoms with Crippen LogP contribution in [0.1, 0.15) is 12.0 Å². The fourth-order valence-corrected chi connectivity index (χ4v) is 1.31. The standard InChI is InChI=1S/C10H12BF3O3/c1-7-6-8(2-3-9(7)11(15)16)17-5-4-10(12,13)14/h2-3,6,15-16H,4-5H2,1H3. The van der Waals surface area contributed by atoms with E-state index in [1.165, 1.54) is 18.2 Å². The van der Waals surface area contributed by atoms with Crippen LogP contribution in [0.5, 0.6) is 5.75 Å². The van der Waals surface area contributed by atoms with Crippen LogP contribution in [0.3, 0.4) is 0 Å². The maximum Gasteiger partial charge on any atom is 0.488 e. The third kappa shape index (κ3) is 4.66. The Morgan fingerprint density at radius 1 is 1.29 bits per heavy atom. The number of ether oxygens (including phenoxy) is 1. The highest BCUT2D eigenvalue weighted by molar-refractivity contribution is 6.59. The fourth-order valence-electron chi connectivity index (χ4n) is 1.31. The third-order valence-corrected chi connectivity index (χ3v) is 2.17. The summed E-state index contributed by atoms with van der Waals surface area (Å²) in [6.07, 6.45) is -5.26. The molecule has 94 valence electrons. The van der Waals surface area contributed by atoms with Gasteiger partial charge in [0.05, 0.1) is 13.0 Å². The average Bonchev–Trinajstić information content (AvgIpc) is 2.15. The van der Waals surface area contributed by atoms with Gasteiger partial charge in [-0.1, -0.05) is 6.07 Å². The van der Waals surface area contributed by atoms with Gasteiger partial charge in [-0.15, -0.1) is 0 Å². The molecule has 0 aliphatic rings. The SMILES string of the molecule is Cc1cc(OCCC(F)(F)F)ccc1B(O)O. The molecule has 0 bridgehead atoms. The molecule has 0 saturated heterocycles. The van der Waals surface area contributed by atoms with Gasteiger partial charge in [0, 0.05) is 0 Å². The van der Waals surface area contributed by atoms with Gasteiger partial charge in [0.1, 0.15) is 5.75 Å². The Morgan fingerprint density at radius 2 is 1.94 bits per heavy atom. The summed E-state index contributed by atoms with van der Waals surface area (Å²) in [4.78, 5) is 0. The Bertz CT molecular complexity index is 380. The van der Waals surface area contributed by atoms with Crippen molar-refractivity contribution in [3.63, 3.8) is 0 Å². The third-order valence-electron chi connectivity index (χ3n) is 2.17. The first-order valence-corrected chi connectivity index (χ1v) is 4.96. The van der Waals surface area contributed by atoms with Gasteiger partial charge < -0.3 is 14.8 Å². The Hall–Kier alpha value is -1.21. The predicted molar refractivity (Wildman–Crippen MR) is 57.2 cm³/mol. The van der Waals surface area contributed by atoms with Gasteiger partial charge in [0.2, 0.25) is 0 Å². The van der Waals surface area contributed by atoms with Gasteiger partial charge in [-0.25, -0.2) is 0 Å². The summed E-state index contributed by atoms with van der Waals surface area (Å²) < 4.78 is 40.5. The molecule has 7 heteroatoms. The first kappa shape index (κ1) is 13.9.